The van der Waals surface area contributed by atoms with Gasteiger partial charge in [0.2, 0.25) is 0 Å². The molecule has 0 radical (unpaired) electrons. The molecule has 1 aliphatic heterocycles. The van der Waals surface area contributed by atoms with E-state index in [1.807, 2.05) is 0 Å². The molecule has 3 heteroatoms. The van der Waals surface area contributed by atoms with Gasteiger partial charge in [0.1, 0.15) is 5.82 Å². The number of nitrogens with zero attached hydrogens (tertiary/aromatic N) is 1. The monoisotopic (exact) mass is 166 g/mol. The van der Waals surface area contributed by atoms with E-state index in [9.17, 15) is 4.39 Å². The summed E-state index contributed by atoms with van der Waals surface area (Å²) in [6.07, 6.45) is 4.08. The van der Waals surface area contributed by atoms with Gasteiger partial charge in [0.05, 0.1) is 6.20 Å². The second-order valence-corrected chi connectivity index (χ2v) is 3.13. The van der Waals surface area contributed by atoms with Crippen LogP contribution in [0.5, 0.6) is 0 Å². The highest BCUT2D eigenvalue weighted by Crippen LogP contribution is 2.21. The Morgan fingerprint density at radius 1 is 1.50 bits per heavy atom. The standard InChI is InChI=1S/C9H11FN2/c10-9-3-8(5-12-6-9)7-1-2-11-4-7/h3,5-7,11H,1-2,4H2/t7-/m0/s1. The zero-order valence-electron chi connectivity index (χ0n) is 6.76. The highest BCUT2D eigenvalue weighted by Gasteiger charge is 2.16. The average molecular weight is 166 g/mol. The fourth-order valence-corrected chi connectivity index (χ4v) is 1.59. The van der Waals surface area contributed by atoms with Crippen molar-refractivity contribution in [1.29, 1.82) is 0 Å². The summed E-state index contributed by atoms with van der Waals surface area (Å²) in [5.74, 6) is 0.215. The smallest absolute Gasteiger partial charge is 0.141 e. The molecule has 1 fully saturated rings. The van der Waals surface area contributed by atoms with Gasteiger partial charge in [0.25, 0.3) is 0 Å². The summed E-state index contributed by atoms with van der Waals surface area (Å²) in [6.45, 7) is 1.98. The summed E-state index contributed by atoms with van der Waals surface area (Å²) in [5, 5.41) is 3.24. The Hall–Kier alpha value is -0.960. The van der Waals surface area contributed by atoms with Crippen molar-refractivity contribution in [3.8, 4) is 0 Å². The summed E-state index contributed by atoms with van der Waals surface area (Å²) in [4.78, 5) is 3.83. The molecule has 0 aliphatic carbocycles. The van der Waals surface area contributed by atoms with Gasteiger partial charge in [-0.2, -0.15) is 0 Å². The Balaban J connectivity index is 2.21. The first-order chi connectivity index (χ1) is 5.86. The van der Waals surface area contributed by atoms with E-state index in [1.54, 1.807) is 12.3 Å². The molecule has 1 aromatic rings. The molecule has 0 spiro atoms. The van der Waals surface area contributed by atoms with Crippen LogP contribution in [0.2, 0.25) is 0 Å². The third-order valence-corrected chi connectivity index (χ3v) is 2.26. The van der Waals surface area contributed by atoms with E-state index in [4.69, 9.17) is 0 Å². The van der Waals surface area contributed by atoms with Gasteiger partial charge in [-0.25, -0.2) is 4.39 Å². The van der Waals surface area contributed by atoms with Gasteiger partial charge >= 0.3 is 0 Å². The molecule has 2 rings (SSSR count). The summed E-state index contributed by atoms with van der Waals surface area (Å²) < 4.78 is 12.7. The quantitative estimate of drug-likeness (QED) is 0.680. The molecule has 12 heavy (non-hydrogen) atoms. The minimum atomic E-state index is -0.237. The Bertz CT molecular complexity index is 269. The average Bonchev–Trinajstić information content (AvgIpc) is 2.56. The lowest BCUT2D eigenvalue weighted by atomic mass is 10.0. The summed E-state index contributed by atoms with van der Waals surface area (Å²) in [6, 6.07) is 1.57. The summed E-state index contributed by atoms with van der Waals surface area (Å²) in [5.41, 5.74) is 1.01. The molecule has 1 aromatic heterocycles. The van der Waals surface area contributed by atoms with Gasteiger partial charge in [-0.05, 0) is 30.5 Å². The minimum Gasteiger partial charge on any atom is -0.316 e. The first-order valence-electron chi connectivity index (χ1n) is 4.17. The molecule has 2 heterocycles. The highest BCUT2D eigenvalue weighted by molar-refractivity contribution is 5.17. The van der Waals surface area contributed by atoms with Crippen molar-refractivity contribution < 1.29 is 4.39 Å². The Morgan fingerprint density at radius 2 is 2.42 bits per heavy atom. The van der Waals surface area contributed by atoms with E-state index < -0.39 is 0 Å². The largest absolute Gasteiger partial charge is 0.316 e. The Kier molecular flexibility index (Phi) is 2.04. The van der Waals surface area contributed by atoms with E-state index in [2.05, 4.69) is 10.3 Å². The first kappa shape index (κ1) is 7.68. The van der Waals surface area contributed by atoms with Crippen LogP contribution < -0.4 is 5.32 Å². The lowest BCUT2D eigenvalue weighted by Crippen LogP contribution is -2.08. The molecule has 1 atom stereocenters. The lowest BCUT2D eigenvalue weighted by molar-refractivity contribution is 0.613. The number of hydrogen-bond acceptors (Lipinski definition) is 2. The second-order valence-electron chi connectivity index (χ2n) is 3.13. The normalized spacial score (nSPS) is 22.9. The highest BCUT2D eigenvalue weighted by atomic mass is 19.1. The zero-order chi connectivity index (χ0) is 8.39. The fourth-order valence-electron chi connectivity index (χ4n) is 1.59. The van der Waals surface area contributed by atoms with E-state index in [0.717, 1.165) is 25.1 Å². The molecule has 1 aliphatic rings. The van der Waals surface area contributed by atoms with Gasteiger partial charge in [0, 0.05) is 12.7 Å². The molecular weight excluding hydrogens is 155 g/mol. The maximum absolute atomic E-state index is 12.7. The zero-order valence-corrected chi connectivity index (χ0v) is 6.76. The van der Waals surface area contributed by atoms with Gasteiger partial charge in [-0.3, -0.25) is 4.98 Å². The van der Waals surface area contributed by atoms with Crippen molar-refractivity contribution in [1.82, 2.24) is 10.3 Å². The van der Waals surface area contributed by atoms with Gasteiger partial charge < -0.3 is 5.32 Å². The van der Waals surface area contributed by atoms with Gasteiger partial charge in [-0.1, -0.05) is 0 Å². The van der Waals surface area contributed by atoms with E-state index in [-0.39, 0.29) is 5.82 Å². The van der Waals surface area contributed by atoms with Crippen LogP contribution in [0.4, 0.5) is 4.39 Å². The van der Waals surface area contributed by atoms with Crippen LogP contribution in [0.3, 0.4) is 0 Å². The van der Waals surface area contributed by atoms with Crippen molar-refractivity contribution in [2.75, 3.05) is 13.1 Å². The predicted molar refractivity (Wildman–Crippen MR) is 44.4 cm³/mol. The first-order valence-corrected chi connectivity index (χ1v) is 4.17. The SMILES string of the molecule is Fc1cncc([C@H]2CCNC2)c1. The maximum atomic E-state index is 12.7. The maximum Gasteiger partial charge on any atom is 0.141 e. The lowest BCUT2D eigenvalue weighted by Gasteiger charge is -2.06. The van der Waals surface area contributed by atoms with Crippen LogP contribution in [0.15, 0.2) is 18.5 Å². The van der Waals surface area contributed by atoms with Crippen molar-refractivity contribution in [3.05, 3.63) is 29.8 Å². The number of pyridine rings is 1. The Morgan fingerprint density at radius 3 is 3.08 bits per heavy atom. The number of nitrogens with one attached hydrogen (secondary N) is 1. The molecule has 0 saturated carbocycles. The summed E-state index contributed by atoms with van der Waals surface area (Å²) in [7, 11) is 0. The molecule has 64 valence electrons. The molecule has 0 aromatic carbocycles. The fraction of sp³-hybridized carbons (Fsp3) is 0.444. The Labute approximate surface area is 70.8 Å². The van der Waals surface area contributed by atoms with E-state index >= 15 is 0 Å². The molecule has 1 N–H and O–H groups in total. The molecule has 0 unspecified atom stereocenters. The molecule has 1 saturated heterocycles. The number of halogens is 1. The van der Waals surface area contributed by atoms with Crippen LogP contribution in [0, 0.1) is 5.82 Å². The minimum absolute atomic E-state index is 0.237. The van der Waals surface area contributed by atoms with Crippen LogP contribution >= 0.6 is 0 Å². The topological polar surface area (TPSA) is 24.9 Å². The third kappa shape index (κ3) is 1.46. The van der Waals surface area contributed by atoms with Crippen LogP contribution in [0.25, 0.3) is 0 Å². The predicted octanol–water partition coefficient (Wildman–Crippen LogP) is 1.30. The van der Waals surface area contributed by atoms with Crippen molar-refractivity contribution in [2.24, 2.45) is 0 Å². The molecule has 0 amide bonds. The van der Waals surface area contributed by atoms with Crippen LogP contribution in [0.1, 0.15) is 17.9 Å². The molecule has 0 bridgehead atoms. The van der Waals surface area contributed by atoms with Crippen LogP contribution in [-0.2, 0) is 0 Å². The third-order valence-electron chi connectivity index (χ3n) is 2.26. The van der Waals surface area contributed by atoms with Crippen molar-refractivity contribution >= 4 is 0 Å². The van der Waals surface area contributed by atoms with Crippen molar-refractivity contribution in [2.45, 2.75) is 12.3 Å². The van der Waals surface area contributed by atoms with Crippen LogP contribution in [-0.4, -0.2) is 18.1 Å². The van der Waals surface area contributed by atoms with Gasteiger partial charge in [0.15, 0.2) is 0 Å². The van der Waals surface area contributed by atoms with Gasteiger partial charge in [-0.15, -0.1) is 0 Å². The molecule has 2 nitrogen and oxygen atoms in total. The number of hydrogen-bond donors (Lipinski definition) is 1. The van der Waals surface area contributed by atoms with E-state index in [0.29, 0.717) is 5.92 Å². The second kappa shape index (κ2) is 3.19. The number of rotatable bonds is 1. The van der Waals surface area contributed by atoms with Crippen molar-refractivity contribution in [3.63, 3.8) is 0 Å². The summed E-state index contributed by atoms with van der Waals surface area (Å²) >= 11 is 0. The van der Waals surface area contributed by atoms with E-state index in [1.165, 1.54) is 6.20 Å². The number of aromatic nitrogens is 1. The molecular formula is C9H11FN2.